The molecule has 1 atom stereocenters. The Hall–Kier alpha value is -1.12. The molecule has 0 fully saturated rings. The molecule has 3 N–H and O–H groups in total. The van der Waals surface area contributed by atoms with E-state index in [0.717, 1.165) is 28.0 Å². The number of rotatable bonds is 7. The van der Waals surface area contributed by atoms with Gasteiger partial charge in [0.15, 0.2) is 5.75 Å². The van der Waals surface area contributed by atoms with Gasteiger partial charge in [-0.2, -0.15) is 5.10 Å². The van der Waals surface area contributed by atoms with Crippen LogP contribution in [0.25, 0.3) is 0 Å². The molecule has 0 aromatic carbocycles. The van der Waals surface area contributed by atoms with Gasteiger partial charge in [-0.25, -0.2) is 5.43 Å². The van der Waals surface area contributed by atoms with Crippen molar-refractivity contribution in [3.8, 4) is 5.75 Å². The van der Waals surface area contributed by atoms with Crippen LogP contribution in [-0.2, 0) is 6.54 Å². The lowest BCUT2D eigenvalue weighted by Gasteiger charge is -2.19. The number of aromatic nitrogens is 2. The van der Waals surface area contributed by atoms with Crippen molar-refractivity contribution in [2.24, 2.45) is 5.84 Å². The summed E-state index contributed by atoms with van der Waals surface area (Å²) in [6.07, 6.45) is 1.71. The first-order valence-electron chi connectivity index (χ1n) is 6.52. The van der Waals surface area contributed by atoms with Crippen molar-refractivity contribution in [3.05, 3.63) is 33.2 Å². The second-order valence-corrected chi connectivity index (χ2v) is 6.61. The Labute approximate surface area is 133 Å². The standard InChI is InChI=1S/C13H20ClN5OS/c1-18(2)6-7-19-13(9(20-3)8-16-19)12(17-15)10-4-5-11(14)21-10/h4-5,8,12,17H,6-7,15H2,1-3H3. The molecule has 2 aromatic rings. The molecule has 0 aliphatic rings. The molecule has 2 rings (SSSR count). The van der Waals surface area contributed by atoms with E-state index >= 15 is 0 Å². The van der Waals surface area contributed by atoms with Gasteiger partial charge in [0.25, 0.3) is 0 Å². The summed E-state index contributed by atoms with van der Waals surface area (Å²) < 4.78 is 8.06. The monoisotopic (exact) mass is 329 g/mol. The summed E-state index contributed by atoms with van der Waals surface area (Å²) in [5.41, 5.74) is 3.74. The number of nitrogens with zero attached hydrogens (tertiary/aromatic N) is 3. The quantitative estimate of drug-likeness (QED) is 0.598. The van der Waals surface area contributed by atoms with Gasteiger partial charge < -0.3 is 9.64 Å². The average molecular weight is 330 g/mol. The Bertz CT molecular complexity index is 583. The average Bonchev–Trinajstić information content (AvgIpc) is 3.05. The minimum absolute atomic E-state index is 0.206. The van der Waals surface area contributed by atoms with Crippen molar-refractivity contribution in [1.29, 1.82) is 0 Å². The SMILES string of the molecule is COc1cnn(CCN(C)C)c1C(NN)c1ccc(Cl)s1. The van der Waals surface area contributed by atoms with Crippen LogP contribution < -0.4 is 16.0 Å². The summed E-state index contributed by atoms with van der Waals surface area (Å²) in [6, 6.07) is 3.61. The van der Waals surface area contributed by atoms with Gasteiger partial charge >= 0.3 is 0 Å². The summed E-state index contributed by atoms with van der Waals surface area (Å²) in [5, 5.41) is 4.40. The molecule has 6 nitrogen and oxygen atoms in total. The number of hydrazine groups is 1. The molecule has 0 radical (unpaired) electrons. The number of nitrogens with one attached hydrogen (secondary N) is 1. The normalized spacial score (nSPS) is 12.9. The molecule has 0 aliphatic heterocycles. The third kappa shape index (κ3) is 3.75. The fraction of sp³-hybridized carbons (Fsp3) is 0.462. The van der Waals surface area contributed by atoms with Crippen LogP contribution in [0.3, 0.4) is 0 Å². The number of hydrogen-bond acceptors (Lipinski definition) is 6. The minimum Gasteiger partial charge on any atom is -0.493 e. The number of nitrogens with two attached hydrogens (primary N) is 1. The van der Waals surface area contributed by atoms with E-state index in [9.17, 15) is 0 Å². The molecule has 8 heteroatoms. The maximum absolute atomic E-state index is 6.03. The Morgan fingerprint density at radius 2 is 2.29 bits per heavy atom. The first-order valence-corrected chi connectivity index (χ1v) is 7.72. The van der Waals surface area contributed by atoms with Crippen LogP contribution in [0.2, 0.25) is 4.34 Å². The highest BCUT2D eigenvalue weighted by atomic mass is 35.5. The number of thiophene rings is 1. The molecule has 0 bridgehead atoms. The molecule has 116 valence electrons. The van der Waals surface area contributed by atoms with E-state index in [4.69, 9.17) is 22.2 Å². The molecule has 0 amide bonds. The Morgan fingerprint density at radius 3 is 2.81 bits per heavy atom. The smallest absolute Gasteiger partial charge is 0.162 e. The largest absolute Gasteiger partial charge is 0.493 e. The van der Waals surface area contributed by atoms with Gasteiger partial charge in [-0.05, 0) is 26.2 Å². The molecule has 0 saturated carbocycles. The van der Waals surface area contributed by atoms with Crippen molar-refractivity contribution in [3.63, 3.8) is 0 Å². The van der Waals surface area contributed by atoms with Gasteiger partial charge in [-0.3, -0.25) is 10.5 Å². The van der Waals surface area contributed by atoms with Crippen molar-refractivity contribution in [1.82, 2.24) is 20.1 Å². The fourth-order valence-corrected chi connectivity index (χ4v) is 3.20. The zero-order chi connectivity index (χ0) is 15.4. The zero-order valence-corrected chi connectivity index (χ0v) is 13.9. The number of likely N-dealkylation sites (N-methyl/N-ethyl adjacent to an activating group) is 1. The third-order valence-corrected chi connectivity index (χ3v) is 4.44. The molecular formula is C13H20ClN5OS. The van der Waals surface area contributed by atoms with Gasteiger partial charge in [0.2, 0.25) is 0 Å². The van der Waals surface area contributed by atoms with Crippen LogP contribution >= 0.6 is 22.9 Å². The number of methoxy groups -OCH3 is 1. The minimum atomic E-state index is -0.206. The van der Waals surface area contributed by atoms with Crippen LogP contribution in [0, 0.1) is 0 Å². The predicted octanol–water partition coefficient (Wildman–Crippen LogP) is 1.72. The van der Waals surface area contributed by atoms with Crippen LogP contribution in [0.1, 0.15) is 16.6 Å². The topological polar surface area (TPSA) is 68.3 Å². The number of hydrogen-bond donors (Lipinski definition) is 2. The fourth-order valence-electron chi connectivity index (χ4n) is 2.08. The Kier molecular flexibility index (Phi) is 5.60. The van der Waals surface area contributed by atoms with Crippen molar-refractivity contribution in [2.45, 2.75) is 12.6 Å². The van der Waals surface area contributed by atoms with E-state index in [1.165, 1.54) is 11.3 Å². The van der Waals surface area contributed by atoms with Crippen molar-refractivity contribution in [2.75, 3.05) is 27.7 Å². The van der Waals surface area contributed by atoms with E-state index < -0.39 is 0 Å². The lowest BCUT2D eigenvalue weighted by Crippen LogP contribution is -2.31. The van der Waals surface area contributed by atoms with Gasteiger partial charge in [0.05, 0.1) is 24.2 Å². The number of halogens is 1. The van der Waals surface area contributed by atoms with Crippen molar-refractivity contribution >= 4 is 22.9 Å². The highest BCUT2D eigenvalue weighted by Crippen LogP contribution is 2.34. The highest BCUT2D eigenvalue weighted by Gasteiger charge is 2.24. The zero-order valence-electron chi connectivity index (χ0n) is 12.3. The molecule has 2 heterocycles. The maximum atomic E-state index is 6.03. The lowest BCUT2D eigenvalue weighted by atomic mass is 10.1. The lowest BCUT2D eigenvalue weighted by molar-refractivity contribution is 0.360. The molecule has 2 aromatic heterocycles. The van der Waals surface area contributed by atoms with Gasteiger partial charge in [-0.15, -0.1) is 11.3 Å². The second-order valence-electron chi connectivity index (χ2n) is 4.87. The Morgan fingerprint density at radius 1 is 1.52 bits per heavy atom. The van der Waals surface area contributed by atoms with Gasteiger partial charge in [-0.1, -0.05) is 11.6 Å². The van der Waals surface area contributed by atoms with E-state index in [-0.39, 0.29) is 6.04 Å². The first-order chi connectivity index (χ1) is 10.1. The summed E-state index contributed by atoms with van der Waals surface area (Å²) in [7, 11) is 5.68. The summed E-state index contributed by atoms with van der Waals surface area (Å²) in [6.45, 7) is 1.63. The molecule has 21 heavy (non-hydrogen) atoms. The predicted molar refractivity (Wildman–Crippen MR) is 85.8 cm³/mol. The molecule has 0 saturated heterocycles. The van der Waals surface area contributed by atoms with Crippen LogP contribution in [0.15, 0.2) is 18.3 Å². The Balaban J connectivity index is 2.36. The molecular weight excluding hydrogens is 310 g/mol. The van der Waals surface area contributed by atoms with E-state index in [1.54, 1.807) is 13.3 Å². The summed E-state index contributed by atoms with van der Waals surface area (Å²) in [5.74, 6) is 6.47. The number of ether oxygens (including phenoxy) is 1. The molecule has 0 spiro atoms. The van der Waals surface area contributed by atoms with E-state index in [1.807, 2.05) is 30.9 Å². The highest BCUT2D eigenvalue weighted by molar-refractivity contribution is 7.16. The van der Waals surface area contributed by atoms with E-state index in [2.05, 4.69) is 15.4 Å². The maximum Gasteiger partial charge on any atom is 0.162 e. The van der Waals surface area contributed by atoms with Gasteiger partial charge in [0, 0.05) is 11.4 Å². The third-order valence-electron chi connectivity index (χ3n) is 3.14. The first kappa shape index (κ1) is 16.3. The molecule has 0 aliphatic carbocycles. The van der Waals surface area contributed by atoms with Gasteiger partial charge in [0.1, 0.15) is 11.7 Å². The summed E-state index contributed by atoms with van der Waals surface area (Å²) in [4.78, 5) is 3.12. The van der Waals surface area contributed by atoms with Crippen molar-refractivity contribution < 1.29 is 4.74 Å². The van der Waals surface area contributed by atoms with E-state index in [0.29, 0.717) is 5.75 Å². The van der Waals surface area contributed by atoms with Crippen LogP contribution in [-0.4, -0.2) is 42.4 Å². The summed E-state index contributed by atoms with van der Waals surface area (Å²) >= 11 is 7.52. The van der Waals surface area contributed by atoms with Crippen LogP contribution in [0.4, 0.5) is 0 Å². The second kappa shape index (κ2) is 7.24. The van der Waals surface area contributed by atoms with Crippen LogP contribution in [0.5, 0.6) is 5.75 Å². The molecule has 1 unspecified atom stereocenters.